The number of hydrogen-bond donors (Lipinski definition) is 1. The van der Waals surface area contributed by atoms with Gasteiger partial charge in [-0.3, -0.25) is 4.79 Å². The lowest BCUT2D eigenvalue weighted by molar-refractivity contribution is -0.116. The van der Waals surface area contributed by atoms with Gasteiger partial charge in [-0.05, 0) is 53.5 Å². The molecule has 1 unspecified atom stereocenters. The standard InChI is InChI=1S/C23H23N5O3/c1-14-5-3-6-15(11-14)13-31-19-10-9-16(12-20(19)30-2)22-21-17(7-4-8-18(21)29)24-23-25-26-27-28(22)23/h3,5-6,9-12,22H,4,7-8,13H2,1-2H3,(H,24,25,27). The maximum atomic E-state index is 12.8. The van der Waals surface area contributed by atoms with Gasteiger partial charge < -0.3 is 14.8 Å². The molecule has 8 heteroatoms. The van der Waals surface area contributed by atoms with Gasteiger partial charge in [0.2, 0.25) is 5.95 Å². The lowest BCUT2D eigenvalue weighted by Gasteiger charge is -2.31. The van der Waals surface area contributed by atoms with Gasteiger partial charge in [-0.1, -0.05) is 41.0 Å². The van der Waals surface area contributed by atoms with Gasteiger partial charge >= 0.3 is 0 Å². The summed E-state index contributed by atoms with van der Waals surface area (Å²) in [7, 11) is 1.61. The first-order valence-electron chi connectivity index (χ1n) is 10.3. The van der Waals surface area contributed by atoms with E-state index in [2.05, 4.69) is 39.9 Å². The molecule has 31 heavy (non-hydrogen) atoms. The molecule has 1 aliphatic carbocycles. The summed E-state index contributed by atoms with van der Waals surface area (Å²) in [5, 5.41) is 15.2. The van der Waals surface area contributed by atoms with Gasteiger partial charge in [0, 0.05) is 17.7 Å². The summed E-state index contributed by atoms with van der Waals surface area (Å²) in [6.45, 7) is 2.50. The van der Waals surface area contributed by atoms with Crippen molar-refractivity contribution in [1.29, 1.82) is 0 Å². The summed E-state index contributed by atoms with van der Waals surface area (Å²) in [6, 6.07) is 13.5. The first-order valence-corrected chi connectivity index (χ1v) is 10.3. The number of nitrogens with one attached hydrogen (secondary N) is 1. The molecule has 0 amide bonds. The molecule has 2 aromatic carbocycles. The minimum absolute atomic E-state index is 0.124. The molecule has 5 rings (SSSR count). The van der Waals surface area contributed by atoms with E-state index < -0.39 is 6.04 Å². The fourth-order valence-corrected chi connectivity index (χ4v) is 4.26. The van der Waals surface area contributed by atoms with Gasteiger partial charge in [-0.2, -0.15) is 4.68 Å². The van der Waals surface area contributed by atoms with Crippen LogP contribution in [-0.4, -0.2) is 33.1 Å². The van der Waals surface area contributed by atoms with E-state index in [9.17, 15) is 4.79 Å². The van der Waals surface area contributed by atoms with Crippen molar-refractivity contribution < 1.29 is 14.3 Å². The summed E-state index contributed by atoms with van der Waals surface area (Å²) in [5.74, 6) is 1.90. The van der Waals surface area contributed by atoms with Crippen LogP contribution >= 0.6 is 0 Å². The Bertz CT molecular complexity index is 1180. The Morgan fingerprint density at radius 2 is 2.06 bits per heavy atom. The normalized spacial score (nSPS) is 17.6. The van der Waals surface area contributed by atoms with Crippen LogP contribution in [0.1, 0.15) is 42.0 Å². The number of nitrogens with zero attached hydrogens (tertiary/aromatic N) is 4. The number of rotatable bonds is 5. The van der Waals surface area contributed by atoms with Crippen LogP contribution in [0, 0.1) is 6.92 Å². The average Bonchev–Trinajstić information content (AvgIpc) is 3.24. The molecular weight excluding hydrogens is 394 g/mol. The molecular formula is C23H23N5O3. The maximum Gasteiger partial charge on any atom is 0.248 e. The van der Waals surface area contributed by atoms with Crippen LogP contribution in [0.4, 0.5) is 5.95 Å². The number of anilines is 1. The maximum absolute atomic E-state index is 12.8. The zero-order valence-electron chi connectivity index (χ0n) is 17.5. The topological polar surface area (TPSA) is 91.2 Å². The van der Waals surface area contributed by atoms with Crippen molar-refractivity contribution in [3.05, 3.63) is 70.4 Å². The first kappa shape index (κ1) is 19.3. The molecule has 0 radical (unpaired) electrons. The molecule has 2 heterocycles. The number of Topliss-reactive ketones (excluding diaryl/α,β-unsaturated/α-hetero) is 1. The summed E-state index contributed by atoms with van der Waals surface area (Å²) < 4.78 is 13.3. The lowest BCUT2D eigenvalue weighted by atomic mass is 9.85. The van der Waals surface area contributed by atoms with Crippen LogP contribution in [-0.2, 0) is 11.4 Å². The molecule has 1 aromatic heterocycles. The highest BCUT2D eigenvalue weighted by Gasteiger charge is 2.36. The fourth-order valence-electron chi connectivity index (χ4n) is 4.26. The highest BCUT2D eigenvalue weighted by Crippen LogP contribution is 2.41. The predicted octanol–water partition coefficient (Wildman–Crippen LogP) is 3.59. The van der Waals surface area contributed by atoms with Crippen LogP contribution in [0.25, 0.3) is 0 Å². The predicted molar refractivity (Wildman–Crippen MR) is 114 cm³/mol. The van der Waals surface area contributed by atoms with Crippen LogP contribution in [0.3, 0.4) is 0 Å². The van der Waals surface area contributed by atoms with E-state index in [1.807, 2.05) is 30.3 Å². The molecule has 0 bridgehead atoms. The van der Waals surface area contributed by atoms with E-state index in [0.717, 1.165) is 35.2 Å². The minimum atomic E-state index is -0.395. The molecule has 0 spiro atoms. The number of aryl methyl sites for hydroxylation is 1. The van der Waals surface area contributed by atoms with Crippen LogP contribution in [0.2, 0.25) is 0 Å². The Labute approximate surface area is 179 Å². The van der Waals surface area contributed by atoms with Crippen LogP contribution in [0.5, 0.6) is 11.5 Å². The van der Waals surface area contributed by atoms with E-state index in [0.29, 0.717) is 30.5 Å². The molecule has 0 saturated carbocycles. The van der Waals surface area contributed by atoms with Gasteiger partial charge in [0.1, 0.15) is 12.6 Å². The van der Waals surface area contributed by atoms with E-state index in [4.69, 9.17) is 9.47 Å². The molecule has 0 saturated heterocycles. The third kappa shape index (κ3) is 3.54. The number of tetrazole rings is 1. The summed E-state index contributed by atoms with van der Waals surface area (Å²) in [6.07, 6.45) is 2.16. The Hall–Kier alpha value is -3.68. The van der Waals surface area contributed by atoms with E-state index >= 15 is 0 Å². The zero-order chi connectivity index (χ0) is 21.4. The zero-order valence-corrected chi connectivity index (χ0v) is 17.5. The Morgan fingerprint density at radius 3 is 2.90 bits per heavy atom. The molecule has 3 aromatic rings. The van der Waals surface area contributed by atoms with Crippen molar-refractivity contribution in [2.45, 2.75) is 38.8 Å². The number of fused-ring (bicyclic) bond motifs is 1. The average molecular weight is 417 g/mol. The summed E-state index contributed by atoms with van der Waals surface area (Å²) in [5.41, 5.74) is 4.78. The SMILES string of the molecule is COc1cc(C2C3=C(CCCC3=O)Nc3nnnn32)ccc1OCc1cccc(C)c1. The van der Waals surface area contributed by atoms with Crippen LogP contribution in [0.15, 0.2) is 53.7 Å². The Kier molecular flexibility index (Phi) is 4.89. The third-order valence-electron chi connectivity index (χ3n) is 5.71. The second-order valence-electron chi connectivity index (χ2n) is 7.83. The lowest BCUT2D eigenvalue weighted by Crippen LogP contribution is -2.31. The third-order valence-corrected chi connectivity index (χ3v) is 5.71. The number of hydrogen-bond acceptors (Lipinski definition) is 7. The number of carbonyl (C=O) groups excluding carboxylic acids is 1. The van der Waals surface area contributed by atoms with Gasteiger partial charge in [0.05, 0.1) is 7.11 Å². The molecule has 0 fully saturated rings. The molecule has 1 aliphatic heterocycles. The minimum Gasteiger partial charge on any atom is -0.493 e. The van der Waals surface area contributed by atoms with Crippen molar-refractivity contribution in [1.82, 2.24) is 20.2 Å². The Balaban J connectivity index is 1.49. The first-order chi connectivity index (χ1) is 15.1. The van der Waals surface area contributed by atoms with Crippen LogP contribution < -0.4 is 14.8 Å². The van der Waals surface area contributed by atoms with Gasteiger partial charge in [0.15, 0.2) is 17.3 Å². The number of carbonyl (C=O) groups is 1. The second kappa shape index (κ2) is 7.86. The summed E-state index contributed by atoms with van der Waals surface area (Å²) in [4.78, 5) is 12.8. The van der Waals surface area contributed by atoms with Gasteiger partial charge in [-0.15, -0.1) is 0 Å². The molecule has 2 aliphatic rings. The van der Waals surface area contributed by atoms with E-state index in [1.165, 1.54) is 5.56 Å². The van der Waals surface area contributed by atoms with Crippen molar-refractivity contribution in [3.63, 3.8) is 0 Å². The van der Waals surface area contributed by atoms with Crippen molar-refractivity contribution in [3.8, 4) is 11.5 Å². The molecule has 158 valence electrons. The smallest absolute Gasteiger partial charge is 0.248 e. The molecule has 1 N–H and O–H groups in total. The molecule has 8 nitrogen and oxygen atoms in total. The van der Waals surface area contributed by atoms with Crippen molar-refractivity contribution >= 4 is 11.7 Å². The highest BCUT2D eigenvalue weighted by atomic mass is 16.5. The van der Waals surface area contributed by atoms with E-state index in [1.54, 1.807) is 11.8 Å². The van der Waals surface area contributed by atoms with Gasteiger partial charge in [-0.25, -0.2) is 0 Å². The number of methoxy groups -OCH3 is 1. The number of ether oxygens (including phenoxy) is 2. The number of allylic oxidation sites excluding steroid dienone is 2. The number of ketones is 1. The Morgan fingerprint density at radius 1 is 1.16 bits per heavy atom. The second-order valence-corrected chi connectivity index (χ2v) is 7.83. The fraction of sp³-hybridized carbons (Fsp3) is 0.304. The summed E-state index contributed by atoms with van der Waals surface area (Å²) >= 11 is 0. The monoisotopic (exact) mass is 417 g/mol. The van der Waals surface area contributed by atoms with Crippen molar-refractivity contribution in [2.24, 2.45) is 0 Å². The quantitative estimate of drug-likeness (QED) is 0.678. The number of benzene rings is 2. The van der Waals surface area contributed by atoms with E-state index in [-0.39, 0.29) is 5.78 Å². The molecule has 1 atom stereocenters. The highest BCUT2D eigenvalue weighted by molar-refractivity contribution is 5.99. The number of aromatic nitrogens is 4. The van der Waals surface area contributed by atoms with Gasteiger partial charge in [0.25, 0.3) is 0 Å². The van der Waals surface area contributed by atoms with Crippen molar-refractivity contribution in [2.75, 3.05) is 12.4 Å². The largest absolute Gasteiger partial charge is 0.493 e.